The Labute approximate surface area is 168 Å². The van der Waals surface area contributed by atoms with Gasteiger partial charge in [0.1, 0.15) is 11.4 Å². The summed E-state index contributed by atoms with van der Waals surface area (Å²) in [6, 6.07) is 10.4. The van der Waals surface area contributed by atoms with Crippen molar-refractivity contribution in [1.29, 1.82) is 0 Å². The van der Waals surface area contributed by atoms with Crippen LogP contribution in [-0.4, -0.2) is 17.5 Å². The molecule has 0 aliphatic carbocycles. The van der Waals surface area contributed by atoms with Crippen LogP contribution in [0.5, 0.6) is 5.75 Å². The standard InChI is InChI=1S/C20H15FN2O5S/c1-2-27-20(24)15-14(10-6-8-11(9-7-10)23(25)26)18-16(28-19(15)22)12-4-3-5-13(21)17(12)29-18/h3-9,14H,2,22H2,1H3. The first-order valence-corrected chi connectivity index (χ1v) is 9.53. The number of thiophene rings is 1. The largest absolute Gasteiger partial charge is 0.462 e. The highest BCUT2D eigenvalue weighted by molar-refractivity contribution is 7.19. The number of rotatable bonds is 4. The van der Waals surface area contributed by atoms with Crippen LogP contribution in [0.2, 0.25) is 0 Å². The molecule has 1 aliphatic heterocycles. The second kappa shape index (κ2) is 7.17. The summed E-state index contributed by atoms with van der Waals surface area (Å²) in [7, 11) is 0. The Morgan fingerprint density at radius 3 is 2.69 bits per heavy atom. The normalized spacial score (nSPS) is 15.7. The first-order chi connectivity index (χ1) is 13.9. The number of hydrogen-bond donors (Lipinski definition) is 1. The summed E-state index contributed by atoms with van der Waals surface area (Å²) in [5.41, 5.74) is 6.66. The van der Waals surface area contributed by atoms with E-state index in [1.165, 1.54) is 18.2 Å². The number of carbonyl (C=O) groups is 1. The number of nitrogens with two attached hydrogens (primary N) is 1. The predicted molar refractivity (Wildman–Crippen MR) is 105 cm³/mol. The van der Waals surface area contributed by atoms with Crippen LogP contribution in [0.25, 0.3) is 10.1 Å². The molecule has 29 heavy (non-hydrogen) atoms. The maximum atomic E-state index is 14.4. The van der Waals surface area contributed by atoms with E-state index >= 15 is 0 Å². The van der Waals surface area contributed by atoms with Crippen molar-refractivity contribution in [3.05, 3.63) is 80.3 Å². The molecule has 1 unspecified atom stereocenters. The van der Waals surface area contributed by atoms with Crippen LogP contribution in [0.4, 0.5) is 10.1 Å². The molecular formula is C20H15FN2O5S. The van der Waals surface area contributed by atoms with Gasteiger partial charge in [-0.2, -0.15) is 0 Å². The molecule has 2 heterocycles. The zero-order valence-corrected chi connectivity index (χ0v) is 16.0. The molecule has 1 aromatic heterocycles. The van der Waals surface area contributed by atoms with Crippen molar-refractivity contribution in [3.63, 3.8) is 0 Å². The summed E-state index contributed by atoms with van der Waals surface area (Å²) >= 11 is 1.15. The van der Waals surface area contributed by atoms with Gasteiger partial charge in [0.05, 0.1) is 27.0 Å². The van der Waals surface area contributed by atoms with Crippen LogP contribution < -0.4 is 10.5 Å². The lowest BCUT2D eigenvalue weighted by molar-refractivity contribution is -0.384. The SMILES string of the molecule is CCOC(=O)C1=C(N)Oc2c(sc3c(F)cccc23)C1c1ccc([N+](=O)[O-])cc1. The van der Waals surface area contributed by atoms with E-state index in [1.807, 2.05) is 0 Å². The van der Waals surface area contributed by atoms with E-state index in [0.717, 1.165) is 11.3 Å². The Kier molecular flexibility index (Phi) is 4.67. The molecule has 0 radical (unpaired) electrons. The molecule has 0 saturated heterocycles. The minimum absolute atomic E-state index is 0.0835. The quantitative estimate of drug-likeness (QED) is 0.390. The number of carbonyl (C=O) groups excluding carboxylic acids is 1. The van der Waals surface area contributed by atoms with E-state index < -0.39 is 22.6 Å². The molecule has 7 nitrogen and oxygen atoms in total. The van der Waals surface area contributed by atoms with Gasteiger partial charge in [0.2, 0.25) is 5.88 Å². The lowest BCUT2D eigenvalue weighted by Crippen LogP contribution is -2.26. The maximum absolute atomic E-state index is 14.4. The minimum Gasteiger partial charge on any atom is -0.462 e. The van der Waals surface area contributed by atoms with Gasteiger partial charge in [-0.15, -0.1) is 11.3 Å². The Morgan fingerprint density at radius 1 is 1.31 bits per heavy atom. The van der Waals surface area contributed by atoms with Crippen molar-refractivity contribution >= 4 is 33.1 Å². The molecule has 1 aliphatic rings. The first kappa shape index (κ1) is 18.9. The monoisotopic (exact) mass is 414 g/mol. The molecule has 2 N–H and O–H groups in total. The molecule has 0 spiro atoms. The summed E-state index contributed by atoms with van der Waals surface area (Å²) in [4.78, 5) is 23.7. The highest BCUT2D eigenvalue weighted by Gasteiger charge is 2.38. The van der Waals surface area contributed by atoms with Gasteiger partial charge in [-0.05, 0) is 24.6 Å². The third-order valence-corrected chi connectivity index (χ3v) is 5.87. The number of nitrogens with zero attached hydrogens (tertiary/aromatic N) is 1. The topological polar surface area (TPSA) is 105 Å². The Morgan fingerprint density at radius 2 is 2.03 bits per heavy atom. The summed E-state index contributed by atoms with van der Waals surface area (Å²) in [5.74, 6) is -1.53. The third-order valence-electron chi connectivity index (χ3n) is 4.61. The summed E-state index contributed by atoms with van der Waals surface area (Å²) < 4.78 is 25.6. The van der Waals surface area contributed by atoms with Gasteiger partial charge in [-0.25, -0.2) is 9.18 Å². The Hall–Kier alpha value is -3.46. The Balaban J connectivity index is 1.94. The molecule has 148 valence electrons. The lowest BCUT2D eigenvalue weighted by atomic mass is 9.87. The van der Waals surface area contributed by atoms with Crippen molar-refractivity contribution in [2.24, 2.45) is 5.73 Å². The number of nitro groups is 1. The number of nitro benzene ring substituents is 1. The van der Waals surface area contributed by atoms with Crippen molar-refractivity contribution in [1.82, 2.24) is 0 Å². The van der Waals surface area contributed by atoms with Crippen LogP contribution in [0.3, 0.4) is 0 Å². The van der Waals surface area contributed by atoms with E-state index in [9.17, 15) is 19.3 Å². The number of non-ortho nitro benzene ring substituents is 1. The molecule has 3 aromatic rings. The fourth-order valence-electron chi connectivity index (χ4n) is 3.35. The van der Waals surface area contributed by atoms with Crippen LogP contribution in [-0.2, 0) is 9.53 Å². The van der Waals surface area contributed by atoms with E-state index in [4.69, 9.17) is 15.2 Å². The first-order valence-electron chi connectivity index (χ1n) is 8.72. The van der Waals surface area contributed by atoms with E-state index in [0.29, 0.717) is 26.3 Å². The van der Waals surface area contributed by atoms with E-state index in [-0.39, 0.29) is 23.8 Å². The molecule has 0 fully saturated rings. The average Bonchev–Trinajstić information content (AvgIpc) is 3.07. The number of hydrogen-bond acceptors (Lipinski definition) is 7. The number of benzene rings is 2. The third kappa shape index (κ3) is 3.09. The van der Waals surface area contributed by atoms with Gasteiger partial charge in [0, 0.05) is 17.5 Å². The van der Waals surface area contributed by atoms with Gasteiger partial charge in [0.25, 0.3) is 5.69 Å². The summed E-state index contributed by atoms with van der Waals surface area (Å²) in [5, 5.41) is 11.5. The van der Waals surface area contributed by atoms with E-state index in [1.54, 1.807) is 31.2 Å². The zero-order chi connectivity index (χ0) is 20.7. The lowest BCUT2D eigenvalue weighted by Gasteiger charge is -2.26. The fraction of sp³-hybridized carbons (Fsp3) is 0.150. The smallest absolute Gasteiger partial charge is 0.340 e. The molecule has 4 rings (SSSR count). The molecular weight excluding hydrogens is 399 g/mol. The van der Waals surface area contributed by atoms with E-state index in [2.05, 4.69) is 0 Å². The van der Waals surface area contributed by atoms with Gasteiger partial charge in [-0.3, -0.25) is 10.1 Å². The average molecular weight is 414 g/mol. The number of halogens is 1. The molecule has 2 aromatic carbocycles. The van der Waals surface area contributed by atoms with Crippen molar-refractivity contribution in [2.45, 2.75) is 12.8 Å². The van der Waals surface area contributed by atoms with Crippen molar-refractivity contribution in [3.8, 4) is 5.75 Å². The highest BCUT2D eigenvalue weighted by Crippen LogP contribution is 2.51. The van der Waals surface area contributed by atoms with Crippen LogP contribution in [0.15, 0.2) is 53.9 Å². The van der Waals surface area contributed by atoms with Crippen LogP contribution in [0, 0.1) is 15.9 Å². The highest BCUT2D eigenvalue weighted by atomic mass is 32.1. The molecule has 0 bridgehead atoms. The maximum Gasteiger partial charge on any atom is 0.340 e. The second-order valence-electron chi connectivity index (χ2n) is 6.29. The van der Waals surface area contributed by atoms with Crippen molar-refractivity contribution in [2.75, 3.05) is 6.61 Å². The zero-order valence-electron chi connectivity index (χ0n) is 15.2. The molecule has 0 saturated carbocycles. The van der Waals surface area contributed by atoms with Gasteiger partial charge < -0.3 is 15.2 Å². The molecule has 9 heteroatoms. The number of fused-ring (bicyclic) bond motifs is 3. The van der Waals surface area contributed by atoms with Crippen LogP contribution >= 0.6 is 11.3 Å². The number of ether oxygens (including phenoxy) is 2. The number of esters is 1. The van der Waals surface area contributed by atoms with Gasteiger partial charge in [0.15, 0.2) is 5.75 Å². The van der Waals surface area contributed by atoms with Crippen LogP contribution in [0.1, 0.15) is 23.3 Å². The summed E-state index contributed by atoms with van der Waals surface area (Å²) in [6.07, 6.45) is 0. The van der Waals surface area contributed by atoms with Crippen molar-refractivity contribution < 1.29 is 23.6 Å². The summed E-state index contributed by atoms with van der Waals surface area (Å²) in [6.45, 7) is 1.80. The molecule has 0 amide bonds. The molecule has 1 atom stereocenters. The fourth-order valence-corrected chi connectivity index (χ4v) is 4.62. The Bertz CT molecular complexity index is 1170. The minimum atomic E-state index is -0.699. The van der Waals surface area contributed by atoms with Gasteiger partial charge >= 0.3 is 5.97 Å². The second-order valence-corrected chi connectivity index (χ2v) is 7.35. The van der Waals surface area contributed by atoms with Gasteiger partial charge in [-0.1, -0.05) is 18.2 Å². The predicted octanol–water partition coefficient (Wildman–Crippen LogP) is 4.21.